The van der Waals surface area contributed by atoms with Gasteiger partial charge in [0.05, 0.1) is 5.54 Å². The van der Waals surface area contributed by atoms with Gasteiger partial charge in [0.25, 0.3) is 0 Å². The molecule has 0 heterocycles. The molecule has 0 aromatic carbocycles. The minimum atomic E-state index is 0.0530. The van der Waals surface area contributed by atoms with Gasteiger partial charge in [0, 0.05) is 37.8 Å². The number of hydrogen-bond acceptors (Lipinski definition) is 4. The Morgan fingerprint density at radius 1 is 0.722 bits per heavy atom. The molecule has 110 valence electrons. The van der Waals surface area contributed by atoms with Crippen molar-refractivity contribution in [1.82, 2.24) is 21.3 Å². The van der Waals surface area contributed by atoms with E-state index >= 15 is 0 Å². The summed E-state index contributed by atoms with van der Waals surface area (Å²) in [5.74, 6) is 0. The van der Waals surface area contributed by atoms with E-state index in [1.165, 1.54) is 0 Å². The number of rotatable bonds is 10. The minimum Gasteiger partial charge on any atom is -0.318 e. The van der Waals surface area contributed by atoms with Gasteiger partial charge in [-0.3, -0.25) is 0 Å². The first-order valence-electron chi connectivity index (χ1n) is 7.20. The topological polar surface area (TPSA) is 48.1 Å². The zero-order valence-electron chi connectivity index (χ0n) is 13.4. The zero-order valence-corrected chi connectivity index (χ0v) is 13.4. The summed E-state index contributed by atoms with van der Waals surface area (Å²) in [6.07, 6.45) is 0. The van der Waals surface area contributed by atoms with Gasteiger partial charge < -0.3 is 21.3 Å². The quantitative estimate of drug-likeness (QED) is 0.471. The molecule has 0 aromatic rings. The van der Waals surface area contributed by atoms with E-state index in [0.29, 0.717) is 18.1 Å². The second kappa shape index (κ2) is 8.86. The van der Waals surface area contributed by atoms with Crippen molar-refractivity contribution in [2.24, 2.45) is 0 Å². The summed E-state index contributed by atoms with van der Waals surface area (Å²) in [4.78, 5) is 0. The van der Waals surface area contributed by atoms with E-state index in [9.17, 15) is 0 Å². The van der Waals surface area contributed by atoms with Crippen LogP contribution in [0.2, 0.25) is 0 Å². The Bertz CT molecular complexity index is 190. The molecule has 0 amide bonds. The van der Waals surface area contributed by atoms with Crippen LogP contribution in [-0.4, -0.2) is 50.3 Å². The molecule has 0 radical (unpaired) electrons. The van der Waals surface area contributed by atoms with Crippen LogP contribution in [0.4, 0.5) is 0 Å². The van der Waals surface area contributed by atoms with Crippen molar-refractivity contribution < 1.29 is 0 Å². The van der Waals surface area contributed by atoms with E-state index in [4.69, 9.17) is 0 Å². The Balaban J connectivity index is 4.65. The molecule has 0 aliphatic carbocycles. The molecule has 0 bridgehead atoms. The van der Waals surface area contributed by atoms with E-state index in [1.807, 2.05) is 7.05 Å². The van der Waals surface area contributed by atoms with Crippen LogP contribution in [0.5, 0.6) is 0 Å². The smallest absolute Gasteiger partial charge is 0.0560 e. The maximum atomic E-state index is 3.72. The van der Waals surface area contributed by atoms with Crippen molar-refractivity contribution in [3.63, 3.8) is 0 Å². The number of likely N-dealkylation sites (N-methyl/N-ethyl adjacent to an activating group) is 1. The van der Waals surface area contributed by atoms with Crippen LogP contribution in [0, 0.1) is 0 Å². The highest BCUT2D eigenvalue weighted by Gasteiger charge is 2.29. The van der Waals surface area contributed by atoms with Gasteiger partial charge in [-0.25, -0.2) is 0 Å². The van der Waals surface area contributed by atoms with Gasteiger partial charge in [0.1, 0.15) is 0 Å². The number of hydrogen-bond donors (Lipinski definition) is 4. The molecule has 0 aliphatic heterocycles. The molecule has 0 spiro atoms. The van der Waals surface area contributed by atoms with Gasteiger partial charge in [-0.15, -0.1) is 0 Å². The molecule has 0 aromatic heterocycles. The fourth-order valence-corrected chi connectivity index (χ4v) is 2.09. The van der Waals surface area contributed by atoms with E-state index in [-0.39, 0.29) is 5.54 Å². The van der Waals surface area contributed by atoms with Crippen LogP contribution in [0.25, 0.3) is 0 Å². The first kappa shape index (κ1) is 17.8. The molecule has 0 saturated heterocycles. The molecule has 0 unspecified atom stereocenters. The molecule has 4 N–H and O–H groups in total. The lowest BCUT2D eigenvalue weighted by Crippen LogP contribution is -2.65. The fraction of sp³-hybridized carbons (Fsp3) is 1.00. The lowest BCUT2D eigenvalue weighted by molar-refractivity contribution is 0.255. The van der Waals surface area contributed by atoms with Crippen LogP contribution in [0.15, 0.2) is 0 Å². The van der Waals surface area contributed by atoms with E-state index in [1.54, 1.807) is 0 Å². The predicted molar refractivity (Wildman–Crippen MR) is 81.2 cm³/mol. The summed E-state index contributed by atoms with van der Waals surface area (Å²) < 4.78 is 0. The van der Waals surface area contributed by atoms with Gasteiger partial charge in [0.2, 0.25) is 0 Å². The molecule has 0 rings (SSSR count). The van der Waals surface area contributed by atoms with Gasteiger partial charge in [-0.05, 0) is 7.05 Å². The summed E-state index contributed by atoms with van der Waals surface area (Å²) >= 11 is 0. The summed E-state index contributed by atoms with van der Waals surface area (Å²) in [6.45, 7) is 16.0. The van der Waals surface area contributed by atoms with Crippen LogP contribution < -0.4 is 21.3 Å². The molecule has 4 heteroatoms. The standard InChI is InChI=1S/C14H34N4/c1-11(2)16-9-14(8-15-7,18-13(5)6)10-17-12(3)4/h11-13,15-18H,8-10H2,1-7H3. The lowest BCUT2D eigenvalue weighted by atomic mass is 9.97. The van der Waals surface area contributed by atoms with Crippen LogP contribution in [0.1, 0.15) is 41.5 Å². The molecule has 0 atom stereocenters. The van der Waals surface area contributed by atoms with Crippen molar-refractivity contribution in [3.05, 3.63) is 0 Å². The third kappa shape index (κ3) is 8.03. The summed E-state index contributed by atoms with van der Waals surface area (Å²) in [5, 5.41) is 14.2. The Hall–Kier alpha value is -0.160. The maximum Gasteiger partial charge on any atom is 0.0560 e. The van der Waals surface area contributed by atoms with E-state index in [0.717, 1.165) is 19.6 Å². The highest BCUT2D eigenvalue weighted by molar-refractivity contribution is 4.96. The summed E-state index contributed by atoms with van der Waals surface area (Å²) in [7, 11) is 2.02. The minimum absolute atomic E-state index is 0.0530. The van der Waals surface area contributed by atoms with Crippen molar-refractivity contribution in [2.75, 3.05) is 26.7 Å². The maximum absolute atomic E-state index is 3.72. The van der Waals surface area contributed by atoms with Crippen LogP contribution >= 0.6 is 0 Å². The van der Waals surface area contributed by atoms with Crippen LogP contribution in [0.3, 0.4) is 0 Å². The molecule has 18 heavy (non-hydrogen) atoms. The SMILES string of the molecule is CNCC(CNC(C)C)(CNC(C)C)NC(C)C. The van der Waals surface area contributed by atoms with E-state index < -0.39 is 0 Å². The lowest BCUT2D eigenvalue weighted by Gasteiger charge is -2.38. The average molecular weight is 258 g/mol. The number of nitrogens with one attached hydrogen (secondary N) is 4. The van der Waals surface area contributed by atoms with Crippen molar-refractivity contribution in [1.29, 1.82) is 0 Å². The highest BCUT2D eigenvalue weighted by atomic mass is 15.1. The fourth-order valence-electron chi connectivity index (χ4n) is 2.09. The van der Waals surface area contributed by atoms with Crippen LogP contribution in [-0.2, 0) is 0 Å². The third-order valence-electron chi connectivity index (χ3n) is 2.81. The Labute approximate surface area is 114 Å². The molecular formula is C14H34N4. The van der Waals surface area contributed by atoms with Crippen molar-refractivity contribution in [3.8, 4) is 0 Å². The zero-order chi connectivity index (χ0) is 14.2. The first-order chi connectivity index (χ1) is 8.31. The van der Waals surface area contributed by atoms with Gasteiger partial charge in [-0.2, -0.15) is 0 Å². The molecule has 0 saturated carbocycles. The molecular weight excluding hydrogens is 224 g/mol. The summed E-state index contributed by atoms with van der Waals surface area (Å²) in [6, 6.07) is 1.49. The van der Waals surface area contributed by atoms with Gasteiger partial charge >= 0.3 is 0 Å². The third-order valence-corrected chi connectivity index (χ3v) is 2.81. The van der Waals surface area contributed by atoms with E-state index in [2.05, 4.69) is 62.8 Å². The monoisotopic (exact) mass is 258 g/mol. The Morgan fingerprint density at radius 2 is 1.17 bits per heavy atom. The normalized spacial score (nSPS) is 13.0. The summed E-state index contributed by atoms with van der Waals surface area (Å²) in [5.41, 5.74) is 0.0530. The first-order valence-corrected chi connectivity index (χ1v) is 7.20. The molecule has 0 fully saturated rings. The van der Waals surface area contributed by atoms with Gasteiger partial charge in [0.15, 0.2) is 0 Å². The second-order valence-corrected chi connectivity index (χ2v) is 6.18. The second-order valence-electron chi connectivity index (χ2n) is 6.18. The average Bonchev–Trinajstić information content (AvgIpc) is 2.23. The Morgan fingerprint density at radius 3 is 1.44 bits per heavy atom. The highest BCUT2D eigenvalue weighted by Crippen LogP contribution is 2.05. The van der Waals surface area contributed by atoms with Crippen molar-refractivity contribution >= 4 is 0 Å². The Kier molecular flexibility index (Phi) is 8.78. The van der Waals surface area contributed by atoms with Gasteiger partial charge in [-0.1, -0.05) is 41.5 Å². The van der Waals surface area contributed by atoms with Crippen molar-refractivity contribution in [2.45, 2.75) is 65.2 Å². The molecule has 4 nitrogen and oxygen atoms in total. The molecule has 0 aliphatic rings. The largest absolute Gasteiger partial charge is 0.318 e. The predicted octanol–water partition coefficient (Wildman–Crippen LogP) is 0.939.